The van der Waals surface area contributed by atoms with Gasteiger partial charge in [0.1, 0.15) is 17.7 Å². The Labute approximate surface area is 296 Å². The van der Waals surface area contributed by atoms with Gasteiger partial charge in [0, 0.05) is 17.9 Å². The fourth-order valence-electron chi connectivity index (χ4n) is 4.76. The van der Waals surface area contributed by atoms with Crippen LogP contribution in [-0.2, 0) is 32.9 Å². The van der Waals surface area contributed by atoms with E-state index < -0.39 is 49.6 Å². The Morgan fingerprint density at radius 2 is 1.61 bits per heavy atom. The Morgan fingerprint density at radius 3 is 2.08 bits per heavy atom. The van der Waals surface area contributed by atoms with Crippen molar-refractivity contribution in [1.82, 2.24) is 29.7 Å². The van der Waals surface area contributed by atoms with E-state index in [1.807, 2.05) is 41.5 Å². The van der Waals surface area contributed by atoms with Crippen molar-refractivity contribution in [2.75, 3.05) is 56.7 Å². The summed E-state index contributed by atoms with van der Waals surface area (Å²) in [6.45, 7) is 13.1. The molecule has 1 fully saturated rings. The van der Waals surface area contributed by atoms with E-state index in [0.29, 0.717) is 5.52 Å². The van der Waals surface area contributed by atoms with Gasteiger partial charge in [0.25, 0.3) is 0 Å². The first-order valence-electron chi connectivity index (χ1n) is 15.7. The molecule has 19 heteroatoms. The molecule has 0 spiro atoms. The van der Waals surface area contributed by atoms with E-state index in [0.717, 1.165) is 0 Å². The van der Waals surface area contributed by atoms with Gasteiger partial charge in [0.05, 0.1) is 39.4 Å². The maximum atomic E-state index is 14.6. The van der Waals surface area contributed by atoms with Crippen LogP contribution in [0.2, 0.25) is 0 Å². The molecule has 3 heterocycles. The highest BCUT2D eigenvalue weighted by molar-refractivity contribution is 7.98. The van der Waals surface area contributed by atoms with Crippen molar-refractivity contribution in [3.63, 3.8) is 0 Å². The molecule has 0 aromatic carbocycles. The van der Waals surface area contributed by atoms with Crippen molar-refractivity contribution in [3.8, 4) is 5.88 Å². The minimum Gasteiger partial charge on any atom is -0.479 e. The fourth-order valence-corrected chi connectivity index (χ4v) is 7.93. The number of carbonyl (C=O) groups excluding carboxylic acids is 2. The lowest BCUT2D eigenvalue weighted by Crippen LogP contribution is -2.47. The van der Waals surface area contributed by atoms with Gasteiger partial charge in [-0.05, 0) is 30.3 Å². The maximum Gasteiger partial charge on any atom is 0.342 e. The van der Waals surface area contributed by atoms with Crippen LogP contribution in [0.1, 0.15) is 61.1 Å². The van der Waals surface area contributed by atoms with Crippen LogP contribution >= 0.6 is 31.2 Å². The van der Waals surface area contributed by atoms with Crippen LogP contribution in [0.3, 0.4) is 0 Å². The van der Waals surface area contributed by atoms with Crippen molar-refractivity contribution in [2.45, 2.75) is 84.9 Å². The monoisotopic (exact) mass is 749 g/mol. The number of nitrogens with two attached hydrogens (primary N) is 1. The summed E-state index contributed by atoms with van der Waals surface area (Å²) in [4.78, 5) is 39.1. The number of nitrogens with one attached hydrogen (secondary N) is 2. The molecule has 0 aliphatic carbocycles. The van der Waals surface area contributed by atoms with E-state index in [2.05, 4.69) is 25.1 Å². The highest BCUT2D eigenvalue weighted by Gasteiger charge is 2.47. The Morgan fingerprint density at radius 1 is 1.08 bits per heavy atom. The van der Waals surface area contributed by atoms with Crippen molar-refractivity contribution in [2.24, 2.45) is 10.8 Å². The fraction of sp³-hybridized carbons (Fsp3) is 0.767. The molecule has 278 valence electrons. The number of carbonyl (C=O) groups is 2. The van der Waals surface area contributed by atoms with Gasteiger partial charge in [-0.3, -0.25) is 18.7 Å². The summed E-state index contributed by atoms with van der Waals surface area (Å²) in [5.74, 6) is -0.704. The first-order chi connectivity index (χ1) is 22.7. The number of methoxy groups -OCH3 is 1. The van der Waals surface area contributed by atoms with Gasteiger partial charge in [0.2, 0.25) is 11.8 Å². The Bertz CT molecular complexity index is 1440. The number of aliphatic hydroxyl groups is 1. The zero-order valence-corrected chi connectivity index (χ0v) is 32.5. The van der Waals surface area contributed by atoms with Gasteiger partial charge >= 0.3 is 19.6 Å². The quantitative estimate of drug-likeness (QED) is 0.135. The molecule has 5 atom stereocenters. The standard InChI is InChI=1S/C30H52N7O9PS2/c1-28(2,3)15-43-24(38)19(13-48-9)35-47(41,36-20(14-49-10)25(39)44-16-29(4,5)6)45-12-18-11-30(7,40)26(46-18)37-17-32-21-22(37)33-27(31)34-23(21)42-8/h17-20,26,40H,11-16H2,1-10H3,(H2,31,33,34)(H2,35,36,41)/t18-,19-,20-,26+,30+/m0/s1. The number of esters is 2. The molecular weight excluding hydrogens is 697 g/mol. The molecule has 16 nitrogen and oxygen atoms in total. The largest absolute Gasteiger partial charge is 0.479 e. The first kappa shape index (κ1) is 41.2. The summed E-state index contributed by atoms with van der Waals surface area (Å²) in [6, 6.07) is -2.09. The SMILES string of the molecule is COc1nc(N)nc2c1ncn2[C@@H]1O[C@H](COP(=O)(N[C@@H](CSC)C(=O)OCC(C)(C)C)N[C@@H](CSC)C(=O)OCC(C)(C)C)C[C@@]1(C)O. The molecule has 49 heavy (non-hydrogen) atoms. The summed E-state index contributed by atoms with van der Waals surface area (Å²) in [5, 5.41) is 17.1. The number of nitrogen functional groups attached to an aromatic ring is 1. The van der Waals surface area contributed by atoms with Gasteiger partial charge in [-0.25, -0.2) is 15.2 Å². The molecule has 2 aromatic heterocycles. The van der Waals surface area contributed by atoms with Gasteiger partial charge in [0.15, 0.2) is 17.4 Å². The van der Waals surface area contributed by atoms with Gasteiger partial charge in [-0.2, -0.15) is 33.5 Å². The Balaban J connectivity index is 1.88. The zero-order chi connectivity index (χ0) is 36.8. The van der Waals surface area contributed by atoms with E-state index in [1.165, 1.54) is 41.5 Å². The molecule has 1 aliphatic heterocycles. The number of ether oxygens (including phenoxy) is 4. The van der Waals surface area contributed by atoms with Crippen LogP contribution in [0.4, 0.5) is 5.95 Å². The van der Waals surface area contributed by atoms with Crippen molar-refractivity contribution < 1.29 is 42.7 Å². The van der Waals surface area contributed by atoms with Gasteiger partial charge < -0.3 is 34.3 Å². The molecule has 5 N–H and O–H groups in total. The molecule has 0 bridgehead atoms. The minimum atomic E-state index is -4.22. The highest BCUT2D eigenvalue weighted by atomic mass is 32.2. The average Bonchev–Trinajstić information content (AvgIpc) is 3.55. The molecule has 0 amide bonds. The van der Waals surface area contributed by atoms with Crippen LogP contribution in [0.5, 0.6) is 5.88 Å². The lowest BCUT2D eigenvalue weighted by molar-refractivity contribution is -0.148. The molecule has 1 saturated heterocycles. The number of thioether (sulfide) groups is 2. The number of hydrogen-bond acceptors (Lipinski definition) is 15. The normalized spacial score (nSPS) is 21.4. The van der Waals surface area contributed by atoms with Crippen LogP contribution in [0, 0.1) is 10.8 Å². The number of fused-ring (bicyclic) bond motifs is 1. The number of imidazole rings is 1. The lowest BCUT2D eigenvalue weighted by atomic mass is 9.99. The second-order valence-corrected chi connectivity index (χ2v) is 18.2. The van der Waals surface area contributed by atoms with Crippen LogP contribution in [0.25, 0.3) is 11.2 Å². The summed E-state index contributed by atoms with van der Waals surface area (Å²) in [5.41, 5.74) is 4.45. The minimum absolute atomic E-state index is 0.0524. The molecule has 1 aliphatic rings. The van der Waals surface area contributed by atoms with E-state index >= 15 is 0 Å². The van der Waals surface area contributed by atoms with Gasteiger partial charge in [-0.1, -0.05) is 41.5 Å². The van der Waals surface area contributed by atoms with Crippen LogP contribution in [0.15, 0.2) is 6.33 Å². The third-order valence-corrected chi connectivity index (χ3v) is 10.1. The smallest absolute Gasteiger partial charge is 0.342 e. The Hall–Kier alpha value is -2.18. The number of nitrogens with zero attached hydrogens (tertiary/aromatic N) is 4. The molecule has 2 aromatic rings. The number of anilines is 1. The van der Waals surface area contributed by atoms with E-state index in [-0.39, 0.29) is 66.1 Å². The molecule has 3 rings (SSSR count). The van der Waals surface area contributed by atoms with Crippen LogP contribution in [-0.4, -0.2) is 111 Å². The highest BCUT2D eigenvalue weighted by Crippen LogP contribution is 2.44. The summed E-state index contributed by atoms with van der Waals surface area (Å²) in [7, 11) is -2.79. The van der Waals surface area contributed by atoms with E-state index in [4.69, 9.17) is 29.2 Å². The number of hydrogen-bond donors (Lipinski definition) is 4. The van der Waals surface area contributed by atoms with Crippen molar-refractivity contribution in [3.05, 3.63) is 6.33 Å². The number of aromatic nitrogens is 4. The first-order valence-corrected chi connectivity index (χ1v) is 20.2. The maximum absolute atomic E-state index is 14.6. The molecule has 0 unspecified atom stereocenters. The second kappa shape index (κ2) is 16.9. The van der Waals surface area contributed by atoms with Crippen LogP contribution < -0.4 is 20.6 Å². The van der Waals surface area contributed by atoms with E-state index in [1.54, 1.807) is 19.4 Å². The molecule has 0 saturated carbocycles. The summed E-state index contributed by atoms with van der Waals surface area (Å²) < 4.78 is 44.8. The third-order valence-electron chi connectivity index (χ3n) is 6.97. The predicted molar refractivity (Wildman–Crippen MR) is 190 cm³/mol. The zero-order valence-electron chi connectivity index (χ0n) is 30.0. The second-order valence-electron chi connectivity index (χ2n) is 14.5. The average molecular weight is 750 g/mol. The lowest BCUT2D eigenvalue weighted by Gasteiger charge is -2.29. The Kier molecular flexibility index (Phi) is 14.2. The summed E-state index contributed by atoms with van der Waals surface area (Å²) >= 11 is 2.69. The van der Waals surface area contributed by atoms with Crippen molar-refractivity contribution >= 4 is 60.2 Å². The molecule has 0 radical (unpaired) electrons. The van der Waals surface area contributed by atoms with Gasteiger partial charge in [-0.15, -0.1) is 0 Å². The molecular formula is C30H52N7O9PS2. The topological polar surface area (TPSA) is 211 Å². The third kappa shape index (κ3) is 11.9. The number of rotatable bonds is 17. The summed E-state index contributed by atoms with van der Waals surface area (Å²) in [6.07, 6.45) is 3.33. The predicted octanol–water partition coefficient (Wildman–Crippen LogP) is 3.40. The van der Waals surface area contributed by atoms with E-state index in [9.17, 15) is 19.3 Å². The van der Waals surface area contributed by atoms with Crippen molar-refractivity contribution in [1.29, 1.82) is 0 Å².